The second-order valence-electron chi connectivity index (χ2n) is 5.80. The number of benzene rings is 2. The molecule has 0 spiro atoms. The number of aliphatic imine (C=N–C) groups is 1. The maximum atomic E-state index is 13.6. The second-order valence-corrected chi connectivity index (χ2v) is 7.95. The molecule has 0 atom stereocenters. The van der Waals surface area contributed by atoms with Crippen molar-refractivity contribution in [1.29, 1.82) is 0 Å². The summed E-state index contributed by atoms with van der Waals surface area (Å²) in [4.78, 5) is 4.34. The van der Waals surface area contributed by atoms with Crippen molar-refractivity contribution in [2.24, 2.45) is 4.99 Å². The van der Waals surface area contributed by atoms with Crippen molar-refractivity contribution in [2.75, 3.05) is 21.1 Å². The molecule has 0 saturated carbocycles. The Morgan fingerprint density at radius 2 is 1.65 bits per heavy atom. The number of hydrogen-bond acceptors (Lipinski definition) is 3. The van der Waals surface area contributed by atoms with Gasteiger partial charge >= 0.3 is 0 Å². The van der Waals surface area contributed by atoms with Crippen molar-refractivity contribution < 1.29 is 12.8 Å². The van der Waals surface area contributed by atoms with Gasteiger partial charge in [-0.2, -0.15) is 0 Å². The van der Waals surface area contributed by atoms with Crippen molar-refractivity contribution in [1.82, 2.24) is 14.9 Å². The third kappa shape index (κ3) is 5.03. The molecule has 0 fully saturated rings. The van der Waals surface area contributed by atoms with Crippen LogP contribution in [0.2, 0.25) is 0 Å². The third-order valence-electron chi connectivity index (χ3n) is 3.79. The molecule has 0 aliphatic rings. The lowest BCUT2D eigenvalue weighted by Crippen LogP contribution is -2.36. The molecular weight excluding hydrogens is 355 g/mol. The topological polar surface area (TPSA) is 73.8 Å². The zero-order valence-corrected chi connectivity index (χ0v) is 15.8. The van der Waals surface area contributed by atoms with Crippen molar-refractivity contribution >= 4 is 16.0 Å². The van der Waals surface area contributed by atoms with Crippen LogP contribution in [0.1, 0.15) is 11.1 Å². The summed E-state index contributed by atoms with van der Waals surface area (Å²) in [5.74, 6) is 0.256. The van der Waals surface area contributed by atoms with Crippen LogP contribution in [0.5, 0.6) is 0 Å². The van der Waals surface area contributed by atoms with Crippen LogP contribution in [-0.4, -0.2) is 39.8 Å². The lowest BCUT2D eigenvalue weighted by molar-refractivity contribution is 0.520. The molecular formula is C18H23FN4O2S. The fourth-order valence-electron chi connectivity index (χ4n) is 2.22. The lowest BCUT2D eigenvalue weighted by Gasteiger charge is -2.14. The van der Waals surface area contributed by atoms with E-state index in [1.165, 1.54) is 24.5 Å². The minimum atomic E-state index is -3.43. The van der Waals surface area contributed by atoms with E-state index >= 15 is 0 Å². The highest BCUT2D eigenvalue weighted by atomic mass is 32.2. The predicted octanol–water partition coefficient (Wildman–Crippen LogP) is 1.94. The third-order valence-corrected chi connectivity index (χ3v) is 5.62. The van der Waals surface area contributed by atoms with Gasteiger partial charge in [-0.25, -0.2) is 17.1 Å². The Morgan fingerprint density at radius 3 is 2.23 bits per heavy atom. The second kappa shape index (κ2) is 8.77. The summed E-state index contributed by atoms with van der Waals surface area (Å²) in [7, 11) is 1.19. The molecule has 0 heterocycles. The van der Waals surface area contributed by atoms with Crippen LogP contribution < -0.4 is 10.6 Å². The van der Waals surface area contributed by atoms with Crippen molar-refractivity contribution in [3.8, 4) is 0 Å². The largest absolute Gasteiger partial charge is 0.352 e. The smallest absolute Gasteiger partial charge is 0.242 e. The first kappa shape index (κ1) is 19.9. The van der Waals surface area contributed by atoms with E-state index in [0.717, 1.165) is 5.56 Å². The van der Waals surface area contributed by atoms with Crippen molar-refractivity contribution in [3.05, 3.63) is 65.5 Å². The highest BCUT2D eigenvalue weighted by Gasteiger charge is 2.16. The number of hydrogen-bond donors (Lipinski definition) is 2. The molecule has 140 valence electrons. The fourth-order valence-corrected chi connectivity index (χ4v) is 3.12. The molecule has 0 aliphatic heterocycles. The van der Waals surface area contributed by atoms with Gasteiger partial charge in [0.1, 0.15) is 5.82 Å². The molecule has 0 unspecified atom stereocenters. The Morgan fingerprint density at radius 1 is 1.04 bits per heavy atom. The molecule has 0 radical (unpaired) electrons. The molecule has 0 aromatic heterocycles. The summed E-state index contributed by atoms with van der Waals surface area (Å²) in [5.41, 5.74) is 1.45. The van der Waals surface area contributed by atoms with Gasteiger partial charge in [0.05, 0.1) is 4.90 Å². The first-order valence-corrected chi connectivity index (χ1v) is 9.48. The van der Waals surface area contributed by atoms with E-state index in [1.807, 2.05) is 0 Å². The maximum Gasteiger partial charge on any atom is 0.242 e. The number of rotatable bonds is 6. The first-order valence-electron chi connectivity index (χ1n) is 8.04. The predicted molar refractivity (Wildman–Crippen MR) is 101 cm³/mol. The van der Waals surface area contributed by atoms with Crippen LogP contribution in [0.4, 0.5) is 4.39 Å². The standard InChI is InChI=1S/C18H23FN4O2S/c1-20-18(22-13-15-6-4-5-7-17(15)19)21-12-14-8-10-16(11-9-14)26(24,25)23(2)3/h4-11H,12-13H2,1-3H3,(H2,20,21,22). The van der Waals surface area contributed by atoms with Gasteiger partial charge in [0.2, 0.25) is 10.0 Å². The summed E-state index contributed by atoms with van der Waals surface area (Å²) in [6, 6.07) is 13.2. The summed E-state index contributed by atoms with van der Waals surface area (Å²) < 4.78 is 38.9. The Labute approximate surface area is 153 Å². The molecule has 0 bridgehead atoms. The van der Waals surface area contributed by atoms with Crippen LogP contribution in [0.25, 0.3) is 0 Å². The van der Waals surface area contributed by atoms with Crippen molar-refractivity contribution in [2.45, 2.75) is 18.0 Å². The van der Waals surface area contributed by atoms with E-state index in [1.54, 1.807) is 49.5 Å². The summed E-state index contributed by atoms with van der Waals surface area (Å²) >= 11 is 0. The number of nitrogens with one attached hydrogen (secondary N) is 2. The van der Waals surface area contributed by atoms with Crippen LogP contribution in [0.3, 0.4) is 0 Å². The summed E-state index contributed by atoms with van der Waals surface area (Å²) in [6.07, 6.45) is 0. The Bertz CT molecular complexity index is 865. The number of sulfonamides is 1. The van der Waals surface area contributed by atoms with E-state index < -0.39 is 10.0 Å². The molecule has 0 saturated heterocycles. The quantitative estimate of drug-likeness (QED) is 0.595. The zero-order chi connectivity index (χ0) is 19.2. The number of nitrogens with zero attached hydrogens (tertiary/aromatic N) is 2. The maximum absolute atomic E-state index is 13.6. The van der Waals surface area contributed by atoms with Gasteiger partial charge in [0.25, 0.3) is 0 Å². The first-order chi connectivity index (χ1) is 12.3. The minimum Gasteiger partial charge on any atom is -0.352 e. The van der Waals surface area contributed by atoms with Crippen LogP contribution in [0, 0.1) is 5.82 Å². The molecule has 6 nitrogen and oxygen atoms in total. The normalized spacial score (nSPS) is 12.3. The van der Waals surface area contributed by atoms with Crippen LogP contribution >= 0.6 is 0 Å². The molecule has 8 heteroatoms. The van der Waals surface area contributed by atoms with E-state index in [-0.39, 0.29) is 10.7 Å². The van der Waals surface area contributed by atoms with Crippen molar-refractivity contribution in [3.63, 3.8) is 0 Å². The Balaban J connectivity index is 1.93. The van der Waals surface area contributed by atoms with Crippen LogP contribution in [-0.2, 0) is 23.1 Å². The molecule has 2 N–H and O–H groups in total. The molecule has 26 heavy (non-hydrogen) atoms. The minimum absolute atomic E-state index is 0.244. The average molecular weight is 378 g/mol. The van der Waals surface area contributed by atoms with E-state index in [9.17, 15) is 12.8 Å². The Hall–Kier alpha value is -2.45. The Kier molecular flexibility index (Phi) is 6.70. The molecule has 2 rings (SSSR count). The monoisotopic (exact) mass is 378 g/mol. The summed E-state index contributed by atoms with van der Waals surface area (Å²) in [5, 5.41) is 6.16. The van der Waals surface area contributed by atoms with Gasteiger partial charge < -0.3 is 10.6 Å². The summed E-state index contributed by atoms with van der Waals surface area (Å²) in [6.45, 7) is 0.769. The zero-order valence-electron chi connectivity index (χ0n) is 15.0. The van der Waals surface area contributed by atoms with Gasteiger partial charge in [-0.1, -0.05) is 30.3 Å². The molecule has 2 aromatic rings. The highest BCUT2D eigenvalue weighted by Crippen LogP contribution is 2.14. The molecule has 2 aromatic carbocycles. The fraction of sp³-hybridized carbons (Fsp3) is 0.278. The SMILES string of the molecule is CN=C(NCc1ccc(S(=O)(=O)N(C)C)cc1)NCc1ccccc1F. The van der Waals surface area contributed by atoms with E-state index in [4.69, 9.17) is 0 Å². The van der Waals surface area contributed by atoms with E-state index in [0.29, 0.717) is 24.6 Å². The van der Waals surface area contributed by atoms with E-state index in [2.05, 4.69) is 15.6 Å². The highest BCUT2D eigenvalue weighted by molar-refractivity contribution is 7.89. The van der Waals surface area contributed by atoms with Crippen LogP contribution in [0.15, 0.2) is 58.4 Å². The van der Waals surface area contributed by atoms with Gasteiger partial charge in [-0.05, 0) is 23.8 Å². The van der Waals surface area contributed by atoms with Gasteiger partial charge in [0.15, 0.2) is 5.96 Å². The lowest BCUT2D eigenvalue weighted by atomic mass is 10.2. The van der Waals surface area contributed by atoms with Gasteiger partial charge in [0, 0.05) is 39.8 Å². The molecule has 0 aliphatic carbocycles. The number of guanidine groups is 1. The molecule has 0 amide bonds. The number of halogens is 1. The van der Waals surface area contributed by atoms with Gasteiger partial charge in [-0.15, -0.1) is 0 Å². The average Bonchev–Trinajstić information content (AvgIpc) is 2.63. The van der Waals surface area contributed by atoms with Gasteiger partial charge in [-0.3, -0.25) is 4.99 Å².